The highest BCUT2D eigenvalue weighted by atomic mass is 79.9. The Morgan fingerprint density at radius 2 is 2.00 bits per heavy atom. The molecule has 0 saturated heterocycles. The van der Waals surface area contributed by atoms with Gasteiger partial charge in [-0.15, -0.1) is 0 Å². The normalized spacial score (nSPS) is 12.9. The van der Waals surface area contributed by atoms with Gasteiger partial charge in [0, 0.05) is 11.2 Å². The SMILES string of the molecule is CC(C)C(CBr)COc1cccc(F)c1F. The van der Waals surface area contributed by atoms with Crippen LogP contribution in [0.3, 0.4) is 0 Å². The second-order valence-electron chi connectivity index (χ2n) is 4.02. The maximum atomic E-state index is 13.2. The summed E-state index contributed by atoms with van der Waals surface area (Å²) in [6.45, 7) is 4.51. The quantitative estimate of drug-likeness (QED) is 0.745. The fourth-order valence-electron chi connectivity index (χ4n) is 1.21. The maximum Gasteiger partial charge on any atom is 0.200 e. The predicted octanol–water partition coefficient (Wildman–Crippen LogP) is 4.01. The van der Waals surface area contributed by atoms with Gasteiger partial charge in [0.05, 0.1) is 6.61 Å². The van der Waals surface area contributed by atoms with E-state index in [2.05, 4.69) is 29.8 Å². The molecule has 0 aliphatic carbocycles. The lowest BCUT2D eigenvalue weighted by Gasteiger charge is -2.18. The third-order valence-corrected chi connectivity index (χ3v) is 3.34. The second kappa shape index (κ2) is 6.18. The Hall–Kier alpha value is -0.640. The summed E-state index contributed by atoms with van der Waals surface area (Å²) in [5.41, 5.74) is 0. The molecule has 90 valence electrons. The standard InChI is InChI=1S/C12H15BrF2O/c1-8(2)9(6-13)7-16-11-5-3-4-10(14)12(11)15/h3-5,8-9H,6-7H2,1-2H3. The Labute approximate surface area is 103 Å². The number of halogens is 3. The first kappa shape index (κ1) is 13.4. The molecule has 1 aromatic carbocycles. The van der Waals surface area contributed by atoms with Gasteiger partial charge in [-0.2, -0.15) is 4.39 Å². The number of ether oxygens (including phenoxy) is 1. The Morgan fingerprint density at radius 1 is 1.31 bits per heavy atom. The zero-order valence-corrected chi connectivity index (χ0v) is 10.9. The first-order valence-corrected chi connectivity index (χ1v) is 6.31. The molecule has 1 nitrogen and oxygen atoms in total. The van der Waals surface area contributed by atoms with Gasteiger partial charge in [0.1, 0.15) is 0 Å². The zero-order valence-electron chi connectivity index (χ0n) is 9.34. The summed E-state index contributed by atoms with van der Waals surface area (Å²) >= 11 is 3.38. The molecular weight excluding hydrogens is 278 g/mol. The van der Waals surface area contributed by atoms with Gasteiger partial charge in [0.15, 0.2) is 11.6 Å². The molecule has 4 heteroatoms. The summed E-state index contributed by atoms with van der Waals surface area (Å²) in [7, 11) is 0. The molecule has 16 heavy (non-hydrogen) atoms. The van der Waals surface area contributed by atoms with E-state index in [0.29, 0.717) is 12.5 Å². The smallest absolute Gasteiger partial charge is 0.200 e. The minimum atomic E-state index is -0.917. The molecule has 1 unspecified atom stereocenters. The van der Waals surface area contributed by atoms with Crippen LogP contribution in [0.15, 0.2) is 18.2 Å². The van der Waals surface area contributed by atoms with E-state index in [1.54, 1.807) is 0 Å². The fraction of sp³-hybridized carbons (Fsp3) is 0.500. The number of alkyl halides is 1. The lowest BCUT2D eigenvalue weighted by atomic mass is 9.99. The molecule has 0 aromatic heterocycles. The minimum Gasteiger partial charge on any atom is -0.490 e. The van der Waals surface area contributed by atoms with Gasteiger partial charge in [0.2, 0.25) is 5.82 Å². The van der Waals surface area contributed by atoms with Crippen molar-refractivity contribution in [3.8, 4) is 5.75 Å². The molecule has 1 aromatic rings. The molecule has 0 saturated carbocycles. The second-order valence-corrected chi connectivity index (χ2v) is 4.67. The van der Waals surface area contributed by atoms with Gasteiger partial charge >= 0.3 is 0 Å². The van der Waals surface area contributed by atoms with Crippen LogP contribution in [0.1, 0.15) is 13.8 Å². The molecule has 0 aliphatic rings. The van der Waals surface area contributed by atoms with Crippen molar-refractivity contribution in [2.24, 2.45) is 11.8 Å². The maximum absolute atomic E-state index is 13.2. The molecule has 1 rings (SSSR count). The van der Waals surface area contributed by atoms with Gasteiger partial charge in [-0.25, -0.2) is 4.39 Å². The van der Waals surface area contributed by atoms with Crippen LogP contribution in [0.4, 0.5) is 8.78 Å². The molecule has 0 bridgehead atoms. The first-order chi connectivity index (χ1) is 7.56. The van der Waals surface area contributed by atoms with E-state index in [4.69, 9.17) is 4.74 Å². The van der Waals surface area contributed by atoms with Gasteiger partial charge in [0.25, 0.3) is 0 Å². The first-order valence-electron chi connectivity index (χ1n) is 5.19. The van der Waals surface area contributed by atoms with Crippen molar-refractivity contribution < 1.29 is 13.5 Å². The molecule has 0 radical (unpaired) electrons. The molecule has 0 N–H and O–H groups in total. The van der Waals surface area contributed by atoms with Crippen LogP contribution in [0.25, 0.3) is 0 Å². The summed E-state index contributed by atoms with van der Waals surface area (Å²) < 4.78 is 31.4. The van der Waals surface area contributed by atoms with Gasteiger partial charge in [-0.05, 0) is 18.1 Å². The fourth-order valence-corrected chi connectivity index (χ4v) is 2.14. The van der Waals surface area contributed by atoms with Crippen LogP contribution in [0.2, 0.25) is 0 Å². The van der Waals surface area contributed by atoms with Gasteiger partial charge in [-0.1, -0.05) is 35.8 Å². The molecule has 0 aliphatic heterocycles. The number of rotatable bonds is 5. The largest absolute Gasteiger partial charge is 0.490 e. The third kappa shape index (κ3) is 3.44. The average molecular weight is 293 g/mol. The Morgan fingerprint density at radius 3 is 2.56 bits per heavy atom. The molecule has 0 spiro atoms. The van der Waals surface area contributed by atoms with E-state index < -0.39 is 11.6 Å². The summed E-state index contributed by atoms with van der Waals surface area (Å²) in [5.74, 6) is -1.11. The van der Waals surface area contributed by atoms with Crippen LogP contribution < -0.4 is 4.74 Å². The summed E-state index contributed by atoms with van der Waals surface area (Å²) in [6, 6.07) is 3.95. The summed E-state index contributed by atoms with van der Waals surface area (Å²) in [4.78, 5) is 0. The van der Waals surface area contributed by atoms with E-state index >= 15 is 0 Å². The van der Waals surface area contributed by atoms with Crippen molar-refractivity contribution in [2.75, 3.05) is 11.9 Å². The summed E-state index contributed by atoms with van der Waals surface area (Å²) in [6.07, 6.45) is 0. The number of benzene rings is 1. The van der Waals surface area contributed by atoms with E-state index in [-0.39, 0.29) is 11.7 Å². The highest BCUT2D eigenvalue weighted by Gasteiger charge is 2.15. The molecule has 1 atom stereocenters. The van der Waals surface area contributed by atoms with Crippen molar-refractivity contribution in [1.29, 1.82) is 0 Å². The van der Waals surface area contributed by atoms with E-state index in [9.17, 15) is 8.78 Å². The van der Waals surface area contributed by atoms with Crippen molar-refractivity contribution in [3.05, 3.63) is 29.8 Å². The van der Waals surface area contributed by atoms with Crippen molar-refractivity contribution in [1.82, 2.24) is 0 Å². The average Bonchev–Trinajstić information content (AvgIpc) is 2.24. The minimum absolute atomic E-state index is 0.0217. The highest BCUT2D eigenvalue weighted by Crippen LogP contribution is 2.21. The molecular formula is C12H15BrF2O. The Bertz CT molecular complexity index is 342. The van der Waals surface area contributed by atoms with Crippen LogP contribution in [0, 0.1) is 23.5 Å². The molecule has 0 amide bonds. The molecule has 0 fully saturated rings. The third-order valence-electron chi connectivity index (χ3n) is 2.51. The lowest BCUT2D eigenvalue weighted by molar-refractivity contribution is 0.217. The highest BCUT2D eigenvalue weighted by molar-refractivity contribution is 9.09. The predicted molar refractivity (Wildman–Crippen MR) is 64.0 cm³/mol. The van der Waals surface area contributed by atoms with Crippen LogP contribution >= 0.6 is 15.9 Å². The van der Waals surface area contributed by atoms with E-state index in [1.807, 2.05) is 0 Å². The topological polar surface area (TPSA) is 9.23 Å². The van der Waals surface area contributed by atoms with Crippen LogP contribution in [-0.2, 0) is 0 Å². The van der Waals surface area contributed by atoms with E-state index in [0.717, 1.165) is 11.4 Å². The van der Waals surface area contributed by atoms with Crippen molar-refractivity contribution in [2.45, 2.75) is 13.8 Å². The monoisotopic (exact) mass is 292 g/mol. The Balaban J connectivity index is 2.64. The Kier molecular flexibility index (Phi) is 5.19. The van der Waals surface area contributed by atoms with Gasteiger partial charge < -0.3 is 4.74 Å². The van der Waals surface area contributed by atoms with Crippen LogP contribution in [-0.4, -0.2) is 11.9 Å². The van der Waals surface area contributed by atoms with Gasteiger partial charge in [-0.3, -0.25) is 0 Å². The molecule has 0 heterocycles. The van der Waals surface area contributed by atoms with Crippen LogP contribution in [0.5, 0.6) is 5.75 Å². The van der Waals surface area contributed by atoms with Crippen molar-refractivity contribution >= 4 is 15.9 Å². The van der Waals surface area contributed by atoms with E-state index in [1.165, 1.54) is 12.1 Å². The van der Waals surface area contributed by atoms with Crippen molar-refractivity contribution in [3.63, 3.8) is 0 Å². The lowest BCUT2D eigenvalue weighted by Crippen LogP contribution is -2.19. The number of hydrogen-bond donors (Lipinski definition) is 0. The zero-order chi connectivity index (χ0) is 12.1. The summed E-state index contributed by atoms with van der Waals surface area (Å²) in [5, 5.41) is 0.779. The number of hydrogen-bond acceptors (Lipinski definition) is 1.